The van der Waals surface area contributed by atoms with Crippen molar-refractivity contribution in [3.63, 3.8) is 0 Å². The molecule has 4 nitrogen and oxygen atoms in total. The first-order valence-electron chi connectivity index (χ1n) is 8.26. The molecular weight excluding hydrogens is 288 g/mol. The number of methoxy groups -OCH3 is 1. The fourth-order valence-electron chi connectivity index (χ4n) is 2.61. The molecule has 2 rings (SSSR count). The largest absolute Gasteiger partial charge is 0.497 e. The summed E-state index contributed by atoms with van der Waals surface area (Å²) in [4.78, 5) is 13.5. The van der Waals surface area contributed by atoms with E-state index in [0.29, 0.717) is 19.5 Å². The van der Waals surface area contributed by atoms with Gasteiger partial charge in [0.25, 0.3) is 5.91 Å². The van der Waals surface area contributed by atoms with Gasteiger partial charge in [-0.25, -0.2) is 0 Å². The van der Waals surface area contributed by atoms with E-state index in [4.69, 9.17) is 16.9 Å². The predicted octanol–water partition coefficient (Wildman–Crippen LogP) is 2.91. The number of terminal acetylenes is 1. The molecule has 0 aliphatic carbocycles. The van der Waals surface area contributed by atoms with Crippen LogP contribution in [0.1, 0.15) is 50.3 Å². The lowest BCUT2D eigenvalue weighted by atomic mass is 9.90. The van der Waals surface area contributed by atoms with Crippen molar-refractivity contribution in [1.29, 1.82) is 0 Å². The number of amides is 1. The summed E-state index contributed by atoms with van der Waals surface area (Å²) in [5.41, 5.74) is 8.00. The molecule has 0 radical (unpaired) electrons. The Kier molecular flexibility index (Phi) is 8.21. The third kappa shape index (κ3) is 5.01. The molecule has 1 atom stereocenters. The third-order valence-electron chi connectivity index (χ3n) is 4.03. The number of unbranched alkanes of at least 4 members (excludes halogenated alkanes) is 1. The average molecular weight is 316 g/mol. The van der Waals surface area contributed by atoms with Gasteiger partial charge in [0.15, 0.2) is 0 Å². The zero-order chi connectivity index (χ0) is 17.2. The first kappa shape index (κ1) is 19.1. The Morgan fingerprint density at radius 2 is 2.13 bits per heavy atom. The molecule has 0 spiro atoms. The number of nitrogens with zero attached hydrogens (tertiary/aromatic N) is 1. The minimum absolute atomic E-state index is 0.0248. The molecule has 0 saturated carbocycles. The zero-order valence-electron chi connectivity index (χ0n) is 14.5. The Hall–Kier alpha value is -1.99. The quantitative estimate of drug-likeness (QED) is 0.869. The van der Waals surface area contributed by atoms with E-state index in [2.05, 4.69) is 19.8 Å². The molecule has 4 heteroatoms. The summed E-state index contributed by atoms with van der Waals surface area (Å²) in [5.74, 6) is 2.77. The first-order valence-corrected chi connectivity index (χ1v) is 8.26. The van der Waals surface area contributed by atoms with Gasteiger partial charge < -0.3 is 15.4 Å². The van der Waals surface area contributed by atoms with Crippen molar-refractivity contribution >= 4 is 5.91 Å². The number of rotatable bonds is 4. The molecule has 0 saturated heterocycles. The molecule has 126 valence electrons. The maximum absolute atomic E-state index is 11.8. The van der Waals surface area contributed by atoms with Crippen LogP contribution in [0.4, 0.5) is 0 Å². The minimum Gasteiger partial charge on any atom is -0.497 e. The first-order chi connectivity index (χ1) is 11.1. The highest BCUT2D eigenvalue weighted by atomic mass is 16.5. The second-order valence-electron chi connectivity index (χ2n) is 5.55. The Morgan fingerprint density at radius 1 is 1.43 bits per heavy atom. The van der Waals surface area contributed by atoms with Crippen molar-refractivity contribution in [3.8, 4) is 18.1 Å². The van der Waals surface area contributed by atoms with Crippen molar-refractivity contribution in [3.05, 3.63) is 29.3 Å². The topological polar surface area (TPSA) is 55.6 Å². The highest BCUT2D eigenvalue weighted by Gasteiger charge is 2.29. The van der Waals surface area contributed by atoms with Crippen LogP contribution in [0.15, 0.2) is 18.2 Å². The van der Waals surface area contributed by atoms with Gasteiger partial charge in [-0.3, -0.25) is 4.79 Å². The van der Waals surface area contributed by atoms with Gasteiger partial charge in [0.2, 0.25) is 0 Å². The molecule has 1 aliphatic rings. The van der Waals surface area contributed by atoms with Crippen LogP contribution in [0.3, 0.4) is 0 Å². The SMILES string of the molecule is C#CC(=O)N1CCc2cc(OC)ccc2C1CCN.CCCC. The van der Waals surface area contributed by atoms with Crippen molar-refractivity contribution in [2.75, 3.05) is 20.2 Å². The smallest absolute Gasteiger partial charge is 0.298 e. The van der Waals surface area contributed by atoms with Crippen LogP contribution in [0, 0.1) is 12.3 Å². The lowest BCUT2D eigenvalue weighted by molar-refractivity contribution is -0.128. The Balaban J connectivity index is 0.000000593. The molecule has 1 amide bonds. The van der Waals surface area contributed by atoms with E-state index >= 15 is 0 Å². The molecule has 0 aromatic heterocycles. The standard InChI is InChI=1S/C15H18N2O2.C4H10/c1-3-15(18)17-9-7-11-10-12(19-2)4-5-13(11)14(17)6-8-16;1-3-4-2/h1,4-5,10,14H,6-9,16H2,2H3;3-4H2,1-2H3. The summed E-state index contributed by atoms with van der Waals surface area (Å²) in [7, 11) is 1.65. The third-order valence-corrected chi connectivity index (χ3v) is 4.03. The molecule has 1 heterocycles. The number of nitrogens with two attached hydrogens (primary N) is 1. The molecule has 0 fully saturated rings. The van der Waals surface area contributed by atoms with E-state index in [1.54, 1.807) is 12.0 Å². The maximum Gasteiger partial charge on any atom is 0.298 e. The van der Waals surface area contributed by atoms with E-state index in [0.717, 1.165) is 17.7 Å². The predicted molar refractivity (Wildman–Crippen MR) is 94.2 cm³/mol. The number of benzene rings is 1. The van der Waals surface area contributed by atoms with Crippen molar-refractivity contribution in [1.82, 2.24) is 4.90 Å². The summed E-state index contributed by atoms with van der Waals surface area (Å²) in [6, 6.07) is 5.91. The number of hydrogen-bond donors (Lipinski definition) is 1. The van der Waals surface area contributed by atoms with Crippen LogP contribution in [-0.4, -0.2) is 31.0 Å². The zero-order valence-corrected chi connectivity index (χ0v) is 14.5. The molecule has 1 aliphatic heterocycles. The van der Waals surface area contributed by atoms with Crippen molar-refractivity contribution < 1.29 is 9.53 Å². The van der Waals surface area contributed by atoms with Gasteiger partial charge in [0.05, 0.1) is 13.2 Å². The van der Waals surface area contributed by atoms with Gasteiger partial charge in [-0.2, -0.15) is 0 Å². The van der Waals surface area contributed by atoms with E-state index in [1.165, 1.54) is 18.4 Å². The van der Waals surface area contributed by atoms with Crippen LogP contribution >= 0.6 is 0 Å². The molecular formula is C19H28N2O2. The van der Waals surface area contributed by atoms with Crippen LogP contribution in [0.25, 0.3) is 0 Å². The highest BCUT2D eigenvalue weighted by Crippen LogP contribution is 2.33. The molecule has 0 bridgehead atoms. The van der Waals surface area contributed by atoms with Crippen LogP contribution in [-0.2, 0) is 11.2 Å². The highest BCUT2D eigenvalue weighted by molar-refractivity contribution is 5.93. The average Bonchev–Trinajstić information content (AvgIpc) is 2.61. The fourth-order valence-corrected chi connectivity index (χ4v) is 2.61. The van der Waals surface area contributed by atoms with Gasteiger partial charge in [-0.1, -0.05) is 32.8 Å². The molecule has 23 heavy (non-hydrogen) atoms. The number of hydrogen-bond acceptors (Lipinski definition) is 3. The molecule has 1 aromatic rings. The van der Waals surface area contributed by atoms with Gasteiger partial charge in [0.1, 0.15) is 5.75 Å². The molecule has 1 unspecified atom stereocenters. The van der Waals surface area contributed by atoms with E-state index in [1.807, 2.05) is 18.2 Å². The second kappa shape index (κ2) is 9.91. The summed E-state index contributed by atoms with van der Waals surface area (Å²) < 4.78 is 5.23. The summed E-state index contributed by atoms with van der Waals surface area (Å²) in [5, 5.41) is 0. The van der Waals surface area contributed by atoms with E-state index in [9.17, 15) is 4.79 Å². The fraction of sp³-hybridized carbons (Fsp3) is 0.526. The number of carbonyl (C=O) groups excluding carboxylic acids is 1. The number of ether oxygens (including phenoxy) is 1. The molecule has 2 N–H and O–H groups in total. The normalized spacial score (nSPS) is 15.8. The number of carbonyl (C=O) groups is 1. The Morgan fingerprint density at radius 3 is 2.65 bits per heavy atom. The maximum atomic E-state index is 11.8. The molecule has 1 aromatic carbocycles. The summed E-state index contributed by atoms with van der Waals surface area (Å²) in [6.07, 6.45) is 9.38. The lowest BCUT2D eigenvalue weighted by Crippen LogP contribution is -2.40. The Labute approximate surface area is 140 Å². The van der Waals surface area contributed by atoms with Crippen LogP contribution in [0.2, 0.25) is 0 Å². The van der Waals surface area contributed by atoms with Gasteiger partial charge in [-0.05, 0) is 48.6 Å². The van der Waals surface area contributed by atoms with Gasteiger partial charge in [0, 0.05) is 6.54 Å². The minimum atomic E-state index is -0.264. The van der Waals surface area contributed by atoms with E-state index < -0.39 is 0 Å². The summed E-state index contributed by atoms with van der Waals surface area (Å²) in [6.45, 7) is 5.51. The lowest BCUT2D eigenvalue weighted by Gasteiger charge is -2.36. The monoisotopic (exact) mass is 316 g/mol. The second-order valence-corrected chi connectivity index (χ2v) is 5.55. The van der Waals surface area contributed by atoms with Gasteiger partial charge in [-0.15, -0.1) is 6.42 Å². The van der Waals surface area contributed by atoms with Gasteiger partial charge >= 0.3 is 0 Å². The summed E-state index contributed by atoms with van der Waals surface area (Å²) >= 11 is 0. The number of fused-ring (bicyclic) bond motifs is 1. The van der Waals surface area contributed by atoms with Crippen LogP contribution in [0.5, 0.6) is 5.75 Å². The van der Waals surface area contributed by atoms with Crippen LogP contribution < -0.4 is 10.5 Å². The van der Waals surface area contributed by atoms with Crippen molar-refractivity contribution in [2.24, 2.45) is 5.73 Å². The van der Waals surface area contributed by atoms with E-state index in [-0.39, 0.29) is 11.9 Å². The van der Waals surface area contributed by atoms with Crippen molar-refractivity contribution in [2.45, 2.75) is 45.6 Å². The Bertz CT molecular complexity index is 547.